The van der Waals surface area contributed by atoms with E-state index in [0.29, 0.717) is 0 Å². The standard InChI is InChI=1S/C21H24N2O4S2/c1-14-3-9-18(10-4-14)28(24,25)22-20-16-7-8-17(13-16)21(20)23-29(26,27)19-11-5-15(2)6-12-19/h3-12,16-17,20-23H,13H2,1-2H3/t16-,17+,20-,21-/m1/s1. The number of hydrogen-bond donors (Lipinski definition) is 2. The summed E-state index contributed by atoms with van der Waals surface area (Å²) in [5.41, 5.74) is 1.94. The molecular weight excluding hydrogens is 408 g/mol. The molecular formula is C21H24N2O4S2. The molecule has 6 nitrogen and oxygen atoms in total. The highest BCUT2D eigenvalue weighted by Crippen LogP contribution is 2.40. The van der Waals surface area contributed by atoms with E-state index in [9.17, 15) is 16.8 Å². The summed E-state index contributed by atoms with van der Waals surface area (Å²) in [6.07, 6.45) is 4.68. The van der Waals surface area contributed by atoms with Crippen molar-refractivity contribution < 1.29 is 16.8 Å². The van der Waals surface area contributed by atoms with Crippen LogP contribution in [0, 0.1) is 25.7 Å². The molecule has 1 saturated carbocycles. The van der Waals surface area contributed by atoms with Crippen molar-refractivity contribution in [3.8, 4) is 0 Å². The minimum Gasteiger partial charge on any atom is -0.207 e. The summed E-state index contributed by atoms with van der Waals surface area (Å²) in [6, 6.07) is 12.2. The number of sulfonamides is 2. The van der Waals surface area contributed by atoms with Crippen molar-refractivity contribution in [1.29, 1.82) is 0 Å². The molecule has 2 aliphatic rings. The second-order valence-electron chi connectivity index (χ2n) is 7.87. The van der Waals surface area contributed by atoms with Gasteiger partial charge in [-0.1, -0.05) is 47.5 Å². The van der Waals surface area contributed by atoms with Crippen LogP contribution in [-0.4, -0.2) is 28.9 Å². The molecule has 2 aromatic rings. The first-order chi connectivity index (χ1) is 13.7. The van der Waals surface area contributed by atoms with Crippen LogP contribution >= 0.6 is 0 Å². The summed E-state index contributed by atoms with van der Waals surface area (Å²) in [6.45, 7) is 3.78. The molecule has 2 aliphatic carbocycles. The van der Waals surface area contributed by atoms with E-state index < -0.39 is 32.1 Å². The molecule has 0 radical (unpaired) electrons. The zero-order valence-electron chi connectivity index (χ0n) is 16.2. The Labute approximate surface area is 172 Å². The molecule has 0 unspecified atom stereocenters. The van der Waals surface area contributed by atoms with E-state index in [1.807, 2.05) is 26.0 Å². The highest BCUT2D eigenvalue weighted by atomic mass is 32.2. The second kappa shape index (κ2) is 7.36. The molecule has 2 bridgehead atoms. The van der Waals surface area contributed by atoms with Gasteiger partial charge in [0.1, 0.15) is 0 Å². The Morgan fingerprint density at radius 3 is 1.34 bits per heavy atom. The largest absolute Gasteiger partial charge is 0.240 e. The lowest BCUT2D eigenvalue weighted by Crippen LogP contribution is -2.53. The van der Waals surface area contributed by atoms with Crippen LogP contribution in [0.1, 0.15) is 17.5 Å². The Balaban J connectivity index is 1.59. The van der Waals surface area contributed by atoms with Gasteiger partial charge < -0.3 is 0 Å². The summed E-state index contributed by atoms with van der Waals surface area (Å²) in [4.78, 5) is 0.352. The third-order valence-electron chi connectivity index (χ3n) is 5.70. The minimum atomic E-state index is -3.76. The lowest BCUT2D eigenvalue weighted by atomic mass is 9.98. The average molecular weight is 433 g/mol. The van der Waals surface area contributed by atoms with Gasteiger partial charge in [0.2, 0.25) is 20.0 Å². The second-order valence-corrected chi connectivity index (χ2v) is 11.3. The third-order valence-corrected chi connectivity index (χ3v) is 8.65. The summed E-state index contributed by atoms with van der Waals surface area (Å²) < 4.78 is 57.0. The molecule has 4 atom stereocenters. The maximum Gasteiger partial charge on any atom is 0.240 e. The Kier molecular flexibility index (Phi) is 5.14. The summed E-state index contributed by atoms with van der Waals surface area (Å²) in [5, 5.41) is 0. The zero-order valence-corrected chi connectivity index (χ0v) is 17.9. The highest BCUT2D eigenvalue weighted by molar-refractivity contribution is 7.90. The van der Waals surface area contributed by atoms with Crippen molar-refractivity contribution in [2.24, 2.45) is 11.8 Å². The molecule has 0 amide bonds. The Bertz CT molecular complexity index is 1050. The van der Waals surface area contributed by atoms with Gasteiger partial charge in [-0.3, -0.25) is 0 Å². The van der Waals surface area contributed by atoms with Crippen LogP contribution in [0.15, 0.2) is 70.5 Å². The maximum absolute atomic E-state index is 12.9. The Hall–Kier alpha value is -2.00. The molecule has 4 rings (SSSR count). The molecule has 0 spiro atoms. The van der Waals surface area contributed by atoms with Crippen LogP contribution in [-0.2, 0) is 20.0 Å². The lowest BCUT2D eigenvalue weighted by Gasteiger charge is -2.29. The summed E-state index contributed by atoms with van der Waals surface area (Å²) >= 11 is 0. The van der Waals surface area contributed by atoms with Gasteiger partial charge in [-0.05, 0) is 56.4 Å². The average Bonchev–Trinajstić information content (AvgIpc) is 3.25. The van der Waals surface area contributed by atoms with Gasteiger partial charge in [-0.2, -0.15) is 0 Å². The number of benzene rings is 2. The molecule has 8 heteroatoms. The van der Waals surface area contributed by atoms with Crippen molar-refractivity contribution in [2.75, 3.05) is 0 Å². The van der Waals surface area contributed by atoms with E-state index in [4.69, 9.17) is 0 Å². The molecule has 0 aromatic heterocycles. The molecule has 2 N–H and O–H groups in total. The number of hydrogen-bond acceptors (Lipinski definition) is 4. The number of aryl methyl sites for hydroxylation is 2. The molecule has 0 aliphatic heterocycles. The minimum absolute atomic E-state index is 0.0362. The predicted octanol–water partition coefficient (Wildman–Crippen LogP) is 2.50. The van der Waals surface area contributed by atoms with Gasteiger partial charge in [0.05, 0.1) is 9.79 Å². The smallest absolute Gasteiger partial charge is 0.207 e. The number of rotatable bonds is 6. The maximum atomic E-state index is 12.9. The Morgan fingerprint density at radius 1 is 0.655 bits per heavy atom. The topological polar surface area (TPSA) is 92.3 Å². The fourth-order valence-corrected chi connectivity index (χ4v) is 6.69. The van der Waals surface area contributed by atoms with Crippen molar-refractivity contribution in [3.05, 3.63) is 71.8 Å². The lowest BCUT2D eigenvalue weighted by molar-refractivity contribution is 0.423. The van der Waals surface area contributed by atoms with Crippen LogP contribution in [0.3, 0.4) is 0 Å². The SMILES string of the molecule is Cc1ccc(S(=O)(=O)N[C@H]2[C@H](NS(=O)(=O)c3ccc(C)cc3)[C@H]3C=C[C@@H]2C3)cc1. The zero-order chi connectivity index (χ0) is 20.8. The first-order valence-corrected chi connectivity index (χ1v) is 12.5. The first kappa shape index (κ1) is 20.3. The van der Waals surface area contributed by atoms with E-state index in [1.165, 1.54) is 0 Å². The van der Waals surface area contributed by atoms with Crippen molar-refractivity contribution >= 4 is 20.0 Å². The van der Waals surface area contributed by atoms with E-state index in [0.717, 1.165) is 17.5 Å². The van der Waals surface area contributed by atoms with E-state index in [2.05, 4.69) is 9.44 Å². The molecule has 29 heavy (non-hydrogen) atoms. The third kappa shape index (κ3) is 4.02. The predicted molar refractivity (Wildman–Crippen MR) is 111 cm³/mol. The monoisotopic (exact) mass is 432 g/mol. The fraction of sp³-hybridized carbons (Fsp3) is 0.333. The van der Waals surface area contributed by atoms with E-state index in [1.54, 1.807) is 48.5 Å². The summed E-state index contributed by atoms with van der Waals surface area (Å²) in [5.74, 6) is -0.0723. The van der Waals surface area contributed by atoms with Gasteiger partial charge in [0, 0.05) is 12.1 Å². The van der Waals surface area contributed by atoms with Crippen molar-refractivity contribution in [2.45, 2.75) is 42.1 Å². The number of nitrogens with one attached hydrogen (secondary N) is 2. The van der Waals surface area contributed by atoms with Crippen molar-refractivity contribution in [3.63, 3.8) is 0 Å². The van der Waals surface area contributed by atoms with Gasteiger partial charge in [-0.15, -0.1) is 0 Å². The van der Waals surface area contributed by atoms with Crippen LogP contribution in [0.2, 0.25) is 0 Å². The van der Waals surface area contributed by atoms with E-state index >= 15 is 0 Å². The molecule has 0 heterocycles. The van der Waals surface area contributed by atoms with Gasteiger partial charge in [0.15, 0.2) is 0 Å². The molecule has 2 aromatic carbocycles. The quantitative estimate of drug-likeness (QED) is 0.686. The normalized spacial score (nSPS) is 26.1. The fourth-order valence-electron chi connectivity index (χ4n) is 4.07. The van der Waals surface area contributed by atoms with Gasteiger partial charge in [-0.25, -0.2) is 26.3 Å². The Morgan fingerprint density at radius 2 is 1.00 bits per heavy atom. The van der Waals surface area contributed by atoms with Crippen molar-refractivity contribution in [1.82, 2.24) is 9.44 Å². The first-order valence-electron chi connectivity index (χ1n) is 9.52. The van der Waals surface area contributed by atoms with Crippen LogP contribution in [0.5, 0.6) is 0 Å². The van der Waals surface area contributed by atoms with E-state index in [-0.39, 0.29) is 21.6 Å². The highest BCUT2D eigenvalue weighted by Gasteiger charge is 2.47. The van der Waals surface area contributed by atoms with Gasteiger partial charge >= 0.3 is 0 Å². The number of fused-ring (bicyclic) bond motifs is 2. The summed E-state index contributed by atoms with van der Waals surface area (Å²) in [7, 11) is -7.52. The molecule has 154 valence electrons. The molecule has 1 fully saturated rings. The van der Waals surface area contributed by atoms with Crippen LogP contribution < -0.4 is 9.44 Å². The van der Waals surface area contributed by atoms with Crippen LogP contribution in [0.25, 0.3) is 0 Å². The van der Waals surface area contributed by atoms with Gasteiger partial charge in [0.25, 0.3) is 0 Å². The van der Waals surface area contributed by atoms with Crippen LogP contribution in [0.4, 0.5) is 0 Å². The molecule has 0 saturated heterocycles.